The Morgan fingerprint density at radius 1 is 0.405 bits per heavy atom. The fourth-order valence-corrected chi connectivity index (χ4v) is 12.3. The summed E-state index contributed by atoms with van der Waals surface area (Å²) in [5.74, 6) is -24.4. The van der Waals surface area contributed by atoms with Crippen LogP contribution < -0.4 is 108 Å². The summed E-state index contributed by atoms with van der Waals surface area (Å²) in [4.78, 5) is 256. The number of hydrogen-bond acceptors (Lipinski definition) is 26. The SMILES string of the molecule is CC[C@H](C)[C@H](NC(=O)CNC(=O)[C@H](Cc1ccccc1)NC(=O)[C@H](CC(C)C)NC(=O)[C@H](CCCCN)NC(=O)[C@H](CO)NC(=O)[C@H](CC(C)C)NC(=O)[C@H](CCC(N)=O)NC(=O)[C@H](CCC(=O)O)NC(=O)[C@H](CCCNC(=N)N)NC(=O)[C@H](CO)NC(=O)[C@@H](N)Cc1ccc(O)cc1)C(=O)N[C@@H](CC(=O)O)C(=O)N[C@H](C(=O)N[C@@H](CCC(N)=O)C(=O)O)[C@@H](C)O. The molecule has 0 aliphatic carbocycles. The zero-order valence-corrected chi connectivity index (χ0v) is 71.4. The predicted octanol–water partition coefficient (Wildman–Crippen LogP) is -8.23. The number of nitrogens with two attached hydrogens (primary N) is 5. The van der Waals surface area contributed by atoms with E-state index < -0.39 is 286 Å². The Balaban J connectivity index is 2.48. The van der Waals surface area contributed by atoms with Crippen molar-refractivity contribution >= 4 is 118 Å². The molecule has 0 saturated carbocycles. The molecule has 47 nitrogen and oxygen atoms in total. The van der Waals surface area contributed by atoms with E-state index in [4.69, 9.17) is 34.1 Å². The number of aliphatic hydroxyl groups is 3. The molecule has 0 fully saturated rings. The number of nitrogens with one attached hydrogen (secondary N) is 16. The molecule has 0 saturated heterocycles. The van der Waals surface area contributed by atoms with Crippen LogP contribution in [0.25, 0.3) is 0 Å². The van der Waals surface area contributed by atoms with Gasteiger partial charge >= 0.3 is 17.9 Å². The molecule has 0 spiro atoms. The largest absolute Gasteiger partial charge is 0.508 e. The first-order valence-electron chi connectivity index (χ1n) is 40.9. The van der Waals surface area contributed by atoms with Crippen LogP contribution in [0.4, 0.5) is 0 Å². The molecule has 2 aromatic carbocycles. The predicted molar refractivity (Wildman–Crippen MR) is 448 cm³/mol. The summed E-state index contributed by atoms with van der Waals surface area (Å²) in [6.07, 6.45) is -7.07. The summed E-state index contributed by atoms with van der Waals surface area (Å²) < 4.78 is 0. The summed E-state index contributed by atoms with van der Waals surface area (Å²) in [5, 5.41) is 113. The third-order valence-electron chi connectivity index (χ3n) is 19.3. The van der Waals surface area contributed by atoms with Crippen LogP contribution in [0.2, 0.25) is 0 Å². The number of aliphatic hydroxyl groups excluding tert-OH is 3. The average molecular weight is 1780 g/mol. The van der Waals surface area contributed by atoms with Crippen molar-refractivity contribution in [2.75, 3.05) is 32.8 Å². The number of phenolic OH excluding ortho intramolecular Hbond substituents is 1. The van der Waals surface area contributed by atoms with Crippen molar-refractivity contribution in [2.24, 2.45) is 46.4 Å². The molecule has 0 bridgehead atoms. The lowest BCUT2D eigenvalue weighted by atomic mass is 9.97. The van der Waals surface area contributed by atoms with Crippen molar-refractivity contribution < 1.29 is 127 Å². The normalized spacial score (nSPS) is 14.9. The summed E-state index contributed by atoms with van der Waals surface area (Å²) in [6.45, 7) is 7.77. The highest BCUT2D eigenvalue weighted by Gasteiger charge is 2.40. The van der Waals surface area contributed by atoms with Gasteiger partial charge in [0.25, 0.3) is 0 Å². The van der Waals surface area contributed by atoms with E-state index in [0.29, 0.717) is 11.1 Å². The monoisotopic (exact) mass is 1780 g/mol. The maximum absolute atomic E-state index is 14.6. The van der Waals surface area contributed by atoms with E-state index in [1.165, 1.54) is 31.2 Å². The quantitative estimate of drug-likeness (QED) is 0.0166. The number of aliphatic carboxylic acids is 3. The van der Waals surface area contributed by atoms with Crippen LogP contribution in [0.1, 0.15) is 156 Å². The van der Waals surface area contributed by atoms with Crippen molar-refractivity contribution in [3.63, 3.8) is 0 Å². The van der Waals surface area contributed by atoms with E-state index >= 15 is 0 Å². The number of carboxylic acids is 3. The molecule has 702 valence electrons. The first-order valence-corrected chi connectivity index (χ1v) is 40.9. The van der Waals surface area contributed by atoms with Gasteiger partial charge in [0.15, 0.2) is 5.96 Å². The van der Waals surface area contributed by atoms with Crippen LogP contribution in [0.3, 0.4) is 0 Å². The van der Waals surface area contributed by atoms with Crippen molar-refractivity contribution in [3.8, 4) is 5.75 Å². The molecule has 0 heterocycles. The average Bonchev–Trinajstić information content (AvgIpc) is 0.853. The Bertz CT molecular complexity index is 4030. The minimum atomic E-state index is -2.01. The highest BCUT2D eigenvalue weighted by Crippen LogP contribution is 2.17. The minimum Gasteiger partial charge on any atom is -0.508 e. The molecule has 47 heteroatoms. The van der Waals surface area contributed by atoms with E-state index in [1.54, 1.807) is 65.0 Å². The van der Waals surface area contributed by atoms with E-state index in [0.717, 1.165) is 6.92 Å². The number of aromatic hydroxyl groups is 1. The number of carbonyl (C=O) groups is 19. The van der Waals surface area contributed by atoms with Gasteiger partial charge in [-0.1, -0.05) is 90.4 Å². The molecule has 0 aliphatic heterocycles. The van der Waals surface area contributed by atoms with Crippen LogP contribution >= 0.6 is 0 Å². The van der Waals surface area contributed by atoms with Gasteiger partial charge in [-0.25, -0.2) is 4.79 Å². The second kappa shape index (κ2) is 56.9. The van der Waals surface area contributed by atoms with E-state index in [2.05, 4.69) is 79.8 Å². The van der Waals surface area contributed by atoms with E-state index in [1.807, 2.05) is 0 Å². The zero-order valence-electron chi connectivity index (χ0n) is 71.4. The second-order valence-corrected chi connectivity index (χ2v) is 31.0. The number of amides is 16. The Morgan fingerprint density at radius 3 is 1.24 bits per heavy atom. The summed E-state index contributed by atoms with van der Waals surface area (Å²) in [6, 6.07) is -9.88. The molecule has 16 atom stereocenters. The molecular weight excluding hydrogens is 1660 g/mol. The maximum Gasteiger partial charge on any atom is 0.326 e. The molecule has 16 amide bonds. The lowest BCUT2D eigenvalue weighted by Crippen LogP contribution is -2.61. The number of carboxylic acid groups (broad SMARTS) is 3. The number of unbranched alkanes of at least 4 members (excludes halogenated alkanes) is 1. The van der Waals surface area contributed by atoms with E-state index in [-0.39, 0.29) is 89.0 Å². The highest BCUT2D eigenvalue weighted by molar-refractivity contribution is 6.01. The van der Waals surface area contributed by atoms with Crippen molar-refractivity contribution in [2.45, 2.75) is 248 Å². The third kappa shape index (κ3) is 42.1. The lowest BCUT2D eigenvalue weighted by Gasteiger charge is -2.29. The fourth-order valence-electron chi connectivity index (χ4n) is 12.3. The molecule has 0 aromatic heterocycles. The Morgan fingerprint density at radius 2 is 0.802 bits per heavy atom. The van der Waals surface area contributed by atoms with Crippen LogP contribution in [0.15, 0.2) is 54.6 Å². The number of guanidine groups is 1. The van der Waals surface area contributed by atoms with Gasteiger partial charge in [-0.05, 0) is 125 Å². The van der Waals surface area contributed by atoms with Gasteiger partial charge in [0.2, 0.25) is 94.5 Å². The summed E-state index contributed by atoms with van der Waals surface area (Å²) >= 11 is 0. The Hall–Kier alpha value is -12.8. The summed E-state index contributed by atoms with van der Waals surface area (Å²) in [5.41, 5.74) is 28.9. The van der Waals surface area contributed by atoms with Crippen molar-refractivity contribution in [3.05, 3.63) is 65.7 Å². The molecule has 0 unspecified atom stereocenters. The fraction of sp³-hybridized carbons (Fsp3) is 0.595. The van der Waals surface area contributed by atoms with Gasteiger partial charge < -0.3 is 144 Å². The number of hydrogen-bond donors (Lipinski definition) is 28. The summed E-state index contributed by atoms with van der Waals surface area (Å²) in [7, 11) is 0. The van der Waals surface area contributed by atoms with Gasteiger partial charge in [-0.3, -0.25) is 91.7 Å². The number of carbonyl (C=O) groups excluding carboxylic acids is 16. The number of rotatable bonds is 61. The number of benzene rings is 2. The van der Waals surface area contributed by atoms with Crippen LogP contribution in [0.5, 0.6) is 5.75 Å². The smallest absolute Gasteiger partial charge is 0.326 e. The van der Waals surface area contributed by atoms with Crippen LogP contribution in [-0.2, 0) is 104 Å². The molecule has 126 heavy (non-hydrogen) atoms. The molecule has 2 rings (SSSR count). The van der Waals surface area contributed by atoms with Crippen LogP contribution in [0, 0.1) is 23.2 Å². The van der Waals surface area contributed by atoms with Gasteiger partial charge in [-0.15, -0.1) is 0 Å². The third-order valence-corrected chi connectivity index (χ3v) is 19.3. The number of primary amides is 2. The standard InChI is InChI=1S/C79H125N21O26/c1-8-41(6)63(76(123)96-55(35-62(110)111)73(120)100-64(42(7)103)77(124)92-51(78(125)126)24-27-59(83)106)99-60(107)36-87-66(113)54(34-43-15-10-9-11-16-43)95-71(118)52(31-39(2)3)93-68(115)47(17-12-13-29-80)88-75(122)57(38-102)98-72(119)53(32-40(4)5)94-70(117)49(23-26-58(82)105)90-69(116)50(25-28-61(108)109)91-67(114)48(18-14-30-86-79(84)85)89-74(121)56(37-101)97-65(112)46(81)33-44-19-21-45(104)22-20-44/h9-11,15-16,19-22,39-42,46-57,63-64,101-104H,8,12-14,17-18,23-38,80-81H2,1-7H3,(H2,82,105)(H2,83,106)(H,87,113)(H,88,122)(H,89,121)(H,90,116)(H,91,114)(H,92,124)(H,93,115)(H,94,117)(H,95,118)(H,96,123)(H,97,112)(H,98,119)(H,99,107)(H,100,120)(H,108,109)(H,110,111)(H,125,126)(H4,84,85,86)/t41-,42+,46-,47-,48-,49-,50-,51-,52-,53-,54-,55-,56-,57-,63-,64-/m0/s1. The van der Waals surface area contributed by atoms with Gasteiger partial charge in [0.05, 0.1) is 38.3 Å². The first-order chi connectivity index (χ1) is 59.2. The Kier molecular flexibility index (Phi) is 49.4. The second-order valence-electron chi connectivity index (χ2n) is 31.0. The van der Waals surface area contributed by atoms with Gasteiger partial charge in [0.1, 0.15) is 84.3 Å². The van der Waals surface area contributed by atoms with Gasteiger partial charge in [0, 0.05) is 32.2 Å². The first kappa shape index (κ1) is 109. The Labute approximate surface area is 726 Å². The van der Waals surface area contributed by atoms with E-state index in [9.17, 15) is 127 Å². The maximum atomic E-state index is 14.6. The zero-order chi connectivity index (χ0) is 95.2. The topological polar surface area (TPSA) is 800 Å². The minimum absolute atomic E-state index is 0.0229. The van der Waals surface area contributed by atoms with Crippen LogP contribution in [-0.4, -0.2) is 278 Å². The highest BCUT2D eigenvalue weighted by atomic mass is 16.4. The molecule has 0 aliphatic rings. The lowest BCUT2D eigenvalue weighted by molar-refractivity contribution is -0.144. The molecule has 33 N–H and O–H groups in total. The van der Waals surface area contributed by atoms with Crippen molar-refractivity contribution in [1.29, 1.82) is 5.41 Å². The molecule has 2 aromatic rings. The van der Waals surface area contributed by atoms with Gasteiger partial charge in [-0.2, -0.15) is 0 Å². The van der Waals surface area contributed by atoms with Crippen molar-refractivity contribution in [1.82, 2.24) is 79.8 Å². The molecular formula is C79H125N21O26. The molecule has 0 radical (unpaired) electrons. The number of phenols is 1.